The molecule has 2 amide bonds. The molecule has 0 saturated carbocycles. The van der Waals surface area contributed by atoms with Crippen LogP contribution in [0.2, 0.25) is 0 Å². The Morgan fingerprint density at radius 1 is 1.08 bits per heavy atom. The first-order chi connectivity index (χ1) is 12.6. The maximum absolute atomic E-state index is 12.7. The molecule has 138 valence electrons. The molecular weight excluding hydrogens is 332 g/mol. The molecule has 0 spiro atoms. The summed E-state index contributed by atoms with van der Waals surface area (Å²) in [5, 5.41) is 11.5. The van der Waals surface area contributed by atoms with Crippen molar-refractivity contribution in [2.45, 2.75) is 19.5 Å². The lowest BCUT2D eigenvalue weighted by atomic mass is 10.1. The predicted molar refractivity (Wildman–Crippen MR) is 98.5 cm³/mol. The standard InChI is InChI=1S/C20H24N2O4/c1-16(20(25)21-12-13-23)22(14-17-8-4-2-5-9-17)19(24)15-26-18-10-6-3-7-11-18/h2-11,16,23H,12-15H2,1H3,(H,21,25)/t16-/m1/s1. The SMILES string of the molecule is C[C@H](C(=O)NCCO)N(Cc1ccccc1)C(=O)COc1ccccc1. The highest BCUT2D eigenvalue weighted by atomic mass is 16.5. The smallest absolute Gasteiger partial charge is 0.261 e. The van der Waals surface area contributed by atoms with Gasteiger partial charge in [0.05, 0.1) is 6.61 Å². The number of para-hydroxylation sites is 1. The minimum absolute atomic E-state index is 0.150. The Bertz CT molecular complexity index is 691. The second-order valence-corrected chi connectivity index (χ2v) is 5.80. The third-order valence-corrected chi connectivity index (χ3v) is 3.88. The third kappa shape index (κ3) is 5.89. The van der Waals surface area contributed by atoms with Crippen LogP contribution in [0, 0.1) is 0 Å². The number of ether oxygens (including phenoxy) is 1. The van der Waals surface area contributed by atoms with Crippen LogP contribution >= 0.6 is 0 Å². The van der Waals surface area contributed by atoms with Crippen molar-refractivity contribution >= 4 is 11.8 Å². The number of carbonyl (C=O) groups is 2. The number of nitrogens with one attached hydrogen (secondary N) is 1. The maximum Gasteiger partial charge on any atom is 0.261 e. The summed E-state index contributed by atoms with van der Waals surface area (Å²) >= 11 is 0. The number of carbonyl (C=O) groups excluding carboxylic acids is 2. The summed E-state index contributed by atoms with van der Waals surface area (Å²) in [6, 6.07) is 17.8. The van der Waals surface area contributed by atoms with Crippen LogP contribution in [0.25, 0.3) is 0 Å². The van der Waals surface area contributed by atoms with Gasteiger partial charge in [-0.25, -0.2) is 0 Å². The topological polar surface area (TPSA) is 78.9 Å². The molecule has 1 atom stereocenters. The highest BCUT2D eigenvalue weighted by Gasteiger charge is 2.26. The molecule has 2 rings (SSSR count). The molecule has 0 bridgehead atoms. The molecule has 0 aliphatic rings. The number of aliphatic hydroxyl groups excluding tert-OH is 1. The number of hydrogen-bond donors (Lipinski definition) is 2. The molecule has 0 aliphatic carbocycles. The second-order valence-electron chi connectivity index (χ2n) is 5.80. The van der Waals surface area contributed by atoms with Crippen molar-refractivity contribution < 1.29 is 19.4 Å². The van der Waals surface area contributed by atoms with E-state index in [4.69, 9.17) is 9.84 Å². The van der Waals surface area contributed by atoms with E-state index in [0.717, 1.165) is 5.56 Å². The van der Waals surface area contributed by atoms with E-state index in [1.165, 1.54) is 4.90 Å². The molecule has 2 N–H and O–H groups in total. The Balaban J connectivity index is 2.07. The van der Waals surface area contributed by atoms with Crippen molar-refractivity contribution in [2.24, 2.45) is 0 Å². The zero-order valence-corrected chi connectivity index (χ0v) is 14.8. The van der Waals surface area contributed by atoms with E-state index in [0.29, 0.717) is 12.3 Å². The molecule has 0 aliphatic heterocycles. The van der Waals surface area contributed by atoms with Gasteiger partial charge in [0.15, 0.2) is 6.61 Å². The van der Waals surface area contributed by atoms with E-state index in [1.807, 2.05) is 48.5 Å². The van der Waals surface area contributed by atoms with Crippen LogP contribution in [-0.2, 0) is 16.1 Å². The van der Waals surface area contributed by atoms with Crippen molar-refractivity contribution in [1.82, 2.24) is 10.2 Å². The summed E-state index contributed by atoms with van der Waals surface area (Å²) in [6.07, 6.45) is 0. The molecule has 6 nitrogen and oxygen atoms in total. The quantitative estimate of drug-likeness (QED) is 0.715. The van der Waals surface area contributed by atoms with Gasteiger partial charge >= 0.3 is 0 Å². The summed E-state index contributed by atoms with van der Waals surface area (Å²) in [7, 11) is 0. The van der Waals surface area contributed by atoms with E-state index in [2.05, 4.69) is 5.32 Å². The van der Waals surface area contributed by atoms with Gasteiger partial charge in [0.2, 0.25) is 5.91 Å². The number of amides is 2. The third-order valence-electron chi connectivity index (χ3n) is 3.88. The molecule has 0 unspecified atom stereocenters. The molecule has 2 aromatic rings. The van der Waals surface area contributed by atoms with Crippen molar-refractivity contribution in [3.63, 3.8) is 0 Å². The van der Waals surface area contributed by atoms with E-state index in [9.17, 15) is 9.59 Å². The van der Waals surface area contributed by atoms with Gasteiger partial charge in [0, 0.05) is 13.1 Å². The molecule has 0 fully saturated rings. The second kappa shape index (κ2) is 10.2. The van der Waals surface area contributed by atoms with Gasteiger partial charge < -0.3 is 20.1 Å². The first-order valence-corrected chi connectivity index (χ1v) is 8.51. The molecule has 2 aromatic carbocycles. The Morgan fingerprint density at radius 3 is 2.31 bits per heavy atom. The lowest BCUT2D eigenvalue weighted by molar-refractivity contribution is -0.142. The Hall–Kier alpha value is -2.86. The summed E-state index contributed by atoms with van der Waals surface area (Å²) in [5.41, 5.74) is 0.919. The highest BCUT2D eigenvalue weighted by Crippen LogP contribution is 2.12. The summed E-state index contributed by atoms with van der Waals surface area (Å²) in [4.78, 5) is 26.4. The number of aliphatic hydroxyl groups is 1. The van der Waals surface area contributed by atoms with Gasteiger partial charge in [-0.2, -0.15) is 0 Å². The molecule has 26 heavy (non-hydrogen) atoms. The summed E-state index contributed by atoms with van der Waals surface area (Å²) in [6.45, 7) is 1.80. The number of hydrogen-bond acceptors (Lipinski definition) is 4. The van der Waals surface area contributed by atoms with Crippen molar-refractivity contribution in [1.29, 1.82) is 0 Å². The fourth-order valence-electron chi connectivity index (χ4n) is 2.43. The summed E-state index contributed by atoms with van der Waals surface area (Å²) in [5.74, 6) is -0.00899. The highest BCUT2D eigenvalue weighted by molar-refractivity contribution is 5.87. The zero-order valence-electron chi connectivity index (χ0n) is 14.8. The van der Waals surface area contributed by atoms with Crippen LogP contribution in [0.4, 0.5) is 0 Å². The van der Waals surface area contributed by atoms with Crippen LogP contribution in [0.3, 0.4) is 0 Å². The van der Waals surface area contributed by atoms with Gasteiger partial charge in [0.25, 0.3) is 5.91 Å². The molecule has 0 aromatic heterocycles. The van der Waals surface area contributed by atoms with Crippen LogP contribution in [0.5, 0.6) is 5.75 Å². The Morgan fingerprint density at radius 2 is 1.69 bits per heavy atom. The fraction of sp³-hybridized carbons (Fsp3) is 0.300. The van der Waals surface area contributed by atoms with Gasteiger partial charge in [-0.05, 0) is 24.6 Å². The minimum Gasteiger partial charge on any atom is -0.484 e. The molecule has 0 saturated heterocycles. The molecule has 0 heterocycles. The fourth-order valence-corrected chi connectivity index (χ4v) is 2.43. The van der Waals surface area contributed by atoms with Gasteiger partial charge in [0.1, 0.15) is 11.8 Å². The zero-order chi connectivity index (χ0) is 18.8. The van der Waals surface area contributed by atoms with Gasteiger partial charge in [-0.3, -0.25) is 9.59 Å². The number of nitrogens with zero attached hydrogens (tertiary/aromatic N) is 1. The largest absolute Gasteiger partial charge is 0.484 e. The summed E-state index contributed by atoms with van der Waals surface area (Å²) < 4.78 is 5.53. The van der Waals surface area contributed by atoms with Crippen LogP contribution in [0.15, 0.2) is 60.7 Å². The first kappa shape index (κ1) is 19.5. The number of benzene rings is 2. The van der Waals surface area contributed by atoms with Gasteiger partial charge in [-0.1, -0.05) is 48.5 Å². The Kier molecular flexibility index (Phi) is 7.64. The van der Waals surface area contributed by atoms with Crippen molar-refractivity contribution in [3.05, 3.63) is 66.2 Å². The van der Waals surface area contributed by atoms with E-state index in [-0.39, 0.29) is 31.6 Å². The van der Waals surface area contributed by atoms with E-state index >= 15 is 0 Å². The first-order valence-electron chi connectivity index (χ1n) is 8.51. The molecule has 0 radical (unpaired) electrons. The maximum atomic E-state index is 12.7. The monoisotopic (exact) mass is 356 g/mol. The molecular formula is C20H24N2O4. The van der Waals surface area contributed by atoms with Crippen LogP contribution in [-0.4, -0.2) is 47.6 Å². The van der Waals surface area contributed by atoms with Crippen molar-refractivity contribution in [3.8, 4) is 5.75 Å². The van der Waals surface area contributed by atoms with E-state index < -0.39 is 6.04 Å². The minimum atomic E-state index is -0.686. The van der Waals surface area contributed by atoms with Crippen molar-refractivity contribution in [2.75, 3.05) is 19.8 Å². The van der Waals surface area contributed by atoms with Crippen LogP contribution in [0.1, 0.15) is 12.5 Å². The normalized spacial score (nSPS) is 11.5. The Labute approximate surface area is 153 Å². The lowest BCUT2D eigenvalue weighted by Gasteiger charge is -2.28. The average Bonchev–Trinajstić information content (AvgIpc) is 2.69. The van der Waals surface area contributed by atoms with Gasteiger partial charge in [-0.15, -0.1) is 0 Å². The lowest BCUT2D eigenvalue weighted by Crippen LogP contribution is -2.49. The van der Waals surface area contributed by atoms with E-state index in [1.54, 1.807) is 19.1 Å². The average molecular weight is 356 g/mol. The molecule has 6 heteroatoms. The van der Waals surface area contributed by atoms with Crippen LogP contribution < -0.4 is 10.1 Å². The number of rotatable bonds is 9. The predicted octanol–water partition coefficient (Wildman–Crippen LogP) is 1.59.